The molecule has 25 heavy (non-hydrogen) atoms. The van der Waals surface area contributed by atoms with Crippen molar-refractivity contribution >= 4 is 0 Å². The maximum atomic E-state index is 2.50. The van der Waals surface area contributed by atoms with Crippen molar-refractivity contribution in [2.24, 2.45) is 0 Å². The molecule has 138 valence electrons. The van der Waals surface area contributed by atoms with Crippen LogP contribution in [0.3, 0.4) is 0 Å². The van der Waals surface area contributed by atoms with Crippen LogP contribution in [-0.2, 0) is 19.5 Å². The summed E-state index contributed by atoms with van der Waals surface area (Å²) in [5, 5.41) is 0. The smallest absolute Gasteiger partial charge is 0.234 e. The van der Waals surface area contributed by atoms with Crippen molar-refractivity contribution in [1.29, 1.82) is 0 Å². The molecule has 2 rings (SSSR count). The van der Waals surface area contributed by atoms with Crippen molar-refractivity contribution in [2.45, 2.75) is 91.1 Å². The van der Waals surface area contributed by atoms with Crippen molar-refractivity contribution in [1.82, 2.24) is 4.57 Å². The summed E-state index contributed by atoms with van der Waals surface area (Å²) >= 11 is 0. The molecule has 0 aliphatic carbocycles. The van der Waals surface area contributed by atoms with E-state index in [4.69, 9.17) is 0 Å². The van der Waals surface area contributed by atoms with Crippen LogP contribution in [0.15, 0.2) is 42.7 Å². The molecule has 0 saturated carbocycles. The topological polar surface area (TPSA) is 8.81 Å². The minimum absolute atomic E-state index is 0.990. The van der Waals surface area contributed by atoms with E-state index in [0.29, 0.717) is 0 Å². The van der Waals surface area contributed by atoms with Crippen LogP contribution in [-0.4, -0.2) is 4.57 Å². The number of nitrogens with zero attached hydrogens (tertiary/aromatic N) is 2. The van der Waals surface area contributed by atoms with Gasteiger partial charge in [0.05, 0.1) is 6.54 Å². The highest BCUT2D eigenvalue weighted by Crippen LogP contribution is 2.10. The first-order valence-electron chi connectivity index (χ1n) is 10.5. The fourth-order valence-electron chi connectivity index (χ4n) is 3.49. The van der Waals surface area contributed by atoms with Crippen molar-refractivity contribution in [2.75, 3.05) is 0 Å². The van der Waals surface area contributed by atoms with Crippen LogP contribution >= 0.6 is 0 Å². The summed E-state index contributed by atoms with van der Waals surface area (Å²) in [6.45, 7) is 6.73. The number of unbranched alkanes of at least 4 members (excludes halogenated alkanes) is 7. The predicted molar refractivity (Wildman–Crippen MR) is 107 cm³/mol. The molecule has 2 nitrogen and oxygen atoms in total. The lowest BCUT2D eigenvalue weighted by molar-refractivity contribution is -0.695. The summed E-state index contributed by atoms with van der Waals surface area (Å²) in [4.78, 5) is 0. The van der Waals surface area contributed by atoms with Crippen molar-refractivity contribution in [3.63, 3.8) is 0 Å². The molecule has 0 amide bonds. The van der Waals surface area contributed by atoms with Crippen LogP contribution in [0.25, 0.3) is 0 Å². The third kappa shape index (κ3) is 7.05. The van der Waals surface area contributed by atoms with E-state index in [2.05, 4.69) is 65.7 Å². The lowest BCUT2D eigenvalue weighted by atomic mass is 10.1. The molecule has 0 bridgehead atoms. The van der Waals surface area contributed by atoms with E-state index in [9.17, 15) is 0 Å². The lowest BCUT2D eigenvalue weighted by Crippen LogP contribution is -2.37. The Bertz CT molecular complexity index is 571. The third-order valence-electron chi connectivity index (χ3n) is 5.04. The molecule has 0 fully saturated rings. The minimum atomic E-state index is 0.990. The number of hydrogen-bond acceptors (Lipinski definition) is 0. The molecule has 2 heteroatoms. The molecule has 0 radical (unpaired) electrons. The van der Waals surface area contributed by atoms with E-state index in [-0.39, 0.29) is 0 Å². The number of rotatable bonds is 13. The van der Waals surface area contributed by atoms with E-state index >= 15 is 0 Å². The normalized spacial score (nSPS) is 11.1. The first-order valence-corrected chi connectivity index (χ1v) is 10.5. The zero-order chi connectivity index (χ0) is 17.7. The van der Waals surface area contributed by atoms with Crippen LogP contribution < -0.4 is 4.57 Å². The molecule has 2 aromatic rings. The number of imidazole rings is 1. The Kier molecular flexibility index (Phi) is 9.40. The van der Waals surface area contributed by atoms with Gasteiger partial charge in [-0.05, 0) is 24.8 Å². The Morgan fingerprint density at radius 3 is 2.20 bits per heavy atom. The first kappa shape index (κ1) is 19.8. The van der Waals surface area contributed by atoms with Crippen LogP contribution in [0.2, 0.25) is 0 Å². The molecular weight excluding hydrogens is 304 g/mol. The van der Waals surface area contributed by atoms with Crippen LogP contribution in [0.4, 0.5) is 0 Å². The largest absolute Gasteiger partial charge is 0.256 e. The van der Waals surface area contributed by atoms with Gasteiger partial charge in [0.2, 0.25) is 0 Å². The van der Waals surface area contributed by atoms with Gasteiger partial charge in [0.1, 0.15) is 18.9 Å². The average Bonchev–Trinajstić information content (AvgIpc) is 3.01. The van der Waals surface area contributed by atoms with Crippen LogP contribution in [0, 0.1) is 0 Å². The lowest BCUT2D eigenvalue weighted by Gasteiger charge is -2.06. The van der Waals surface area contributed by atoms with Gasteiger partial charge in [-0.3, -0.25) is 0 Å². The number of benzene rings is 1. The van der Waals surface area contributed by atoms with E-state index in [1.54, 1.807) is 0 Å². The van der Waals surface area contributed by atoms with E-state index in [1.807, 2.05) is 0 Å². The predicted octanol–water partition coefficient (Wildman–Crippen LogP) is 5.92. The number of hydrogen-bond donors (Lipinski definition) is 0. The van der Waals surface area contributed by atoms with Gasteiger partial charge in [0.15, 0.2) is 0 Å². The second kappa shape index (κ2) is 11.9. The Labute approximate surface area is 154 Å². The summed E-state index contributed by atoms with van der Waals surface area (Å²) in [7, 11) is 0. The fraction of sp³-hybridized carbons (Fsp3) is 0.609. The van der Waals surface area contributed by atoms with Crippen LogP contribution in [0.5, 0.6) is 0 Å². The van der Waals surface area contributed by atoms with Crippen molar-refractivity contribution < 1.29 is 4.57 Å². The average molecular weight is 342 g/mol. The zero-order valence-electron chi connectivity index (χ0n) is 16.4. The molecule has 0 aliphatic rings. The SMILES string of the molecule is CCCCCCCCCn1cc[n+](Cc2ccccc2)c1CCCC. The summed E-state index contributed by atoms with van der Waals surface area (Å²) in [5.41, 5.74) is 1.39. The van der Waals surface area contributed by atoms with Gasteiger partial charge in [-0.15, -0.1) is 0 Å². The monoisotopic (exact) mass is 341 g/mol. The van der Waals surface area contributed by atoms with Gasteiger partial charge in [-0.2, -0.15) is 0 Å². The van der Waals surface area contributed by atoms with Gasteiger partial charge in [0, 0.05) is 6.42 Å². The molecule has 0 atom stereocenters. The molecule has 0 unspecified atom stereocenters. The fourth-order valence-corrected chi connectivity index (χ4v) is 3.49. The Balaban J connectivity index is 1.88. The standard InChI is InChI=1S/C23H37N2/c1-3-5-7-8-9-10-14-18-24-19-20-25(23(24)17-6-4-2)21-22-15-12-11-13-16-22/h11-13,15-16,19-20H,3-10,14,17-18,21H2,1-2H3/q+1. The van der Waals surface area contributed by atoms with E-state index in [1.165, 1.54) is 82.1 Å². The molecule has 0 N–H and O–H groups in total. The summed E-state index contributed by atoms with van der Waals surface area (Å²) in [6, 6.07) is 10.8. The van der Waals surface area contributed by atoms with E-state index < -0.39 is 0 Å². The highest BCUT2D eigenvalue weighted by atomic mass is 15.1. The second-order valence-electron chi connectivity index (χ2n) is 7.25. The zero-order valence-corrected chi connectivity index (χ0v) is 16.4. The van der Waals surface area contributed by atoms with Crippen LogP contribution in [0.1, 0.15) is 83.0 Å². The Morgan fingerprint density at radius 1 is 0.800 bits per heavy atom. The third-order valence-corrected chi connectivity index (χ3v) is 5.04. The highest BCUT2D eigenvalue weighted by Gasteiger charge is 2.16. The highest BCUT2D eigenvalue weighted by molar-refractivity contribution is 5.13. The molecule has 1 heterocycles. The molecule has 0 saturated heterocycles. The molecule has 0 aliphatic heterocycles. The molecule has 1 aromatic heterocycles. The maximum absolute atomic E-state index is 2.50. The molecule has 0 spiro atoms. The minimum Gasteiger partial charge on any atom is -0.234 e. The summed E-state index contributed by atoms with van der Waals surface area (Å²) < 4.78 is 4.96. The van der Waals surface area contributed by atoms with Gasteiger partial charge in [-0.25, -0.2) is 9.13 Å². The van der Waals surface area contributed by atoms with Crippen molar-refractivity contribution in [3.8, 4) is 0 Å². The second-order valence-corrected chi connectivity index (χ2v) is 7.25. The van der Waals surface area contributed by atoms with Crippen molar-refractivity contribution in [3.05, 3.63) is 54.1 Å². The maximum Gasteiger partial charge on any atom is 0.256 e. The van der Waals surface area contributed by atoms with Gasteiger partial charge in [-0.1, -0.05) is 82.7 Å². The molecular formula is C23H37N2+. The summed E-state index contributed by atoms with van der Waals surface area (Å²) in [5.74, 6) is 1.50. The quantitative estimate of drug-likeness (QED) is 0.316. The Hall–Kier alpha value is -1.57. The number of aryl methyl sites for hydroxylation is 1. The van der Waals surface area contributed by atoms with Gasteiger partial charge in [0.25, 0.3) is 5.82 Å². The van der Waals surface area contributed by atoms with Gasteiger partial charge >= 0.3 is 0 Å². The molecule has 1 aromatic carbocycles. The summed E-state index contributed by atoms with van der Waals surface area (Å²) in [6.07, 6.45) is 17.9. The first-order chi connectivity index (χ1) is 12.3. The van der Waals surface area contributed by atoms with Gasteiger partial charge < -0.3 is 0 Å². The van der Waals surface area contributed by atoms with E-state index in [0.717, 1.165) is 6.54 Å². The number of aromatic nitrogens is 2. The Morgan fingerprint density at radius 2 is 1.48 bits per heavy atom.